The summed E-state index contributed by atoms with van der Waals surface area (Å²) in [6.45, 7) is 5.58. The zero-order chi connectivity index (χ0) is 13.7. The first-order chi connectivity index (χ1) is 8.61. The van der Waals surface area contributed by atoms with Gasteiger partial charge in [-0.3, -0.25) is 14.3 Å². The van der Waals surface area contributed by atoms with Crippen LogP contribution in [-0.4, -0.2) is 27.4 Å². The molecule has 18 heavy (non-hydrogen) atoms. The van der Waals surface area contributed by atoms with Crippen molar-refractivity contribution in [3.8, 4) is 0 Å². The molecule has 2 heterocycles. The van der Waals surface area contributed by atoms with Gasteiger partial charge in [-0.05, 0) is 19.8 Å². The highest BCUT2D eigenvalue weighted by atomic mass is 16.5. The van der Waals surface area contributed by atoms with E-state index in [-0.39, 0.29) is 24.5 Å². The Morgan fingerprint density at radius 3 is 2.67 bits per heavy atom. The van der Waals surface area contributed by atoms with Gasteiger partial charge in [0.05, 0.1) is 12.7 Å². The van der Waals surface area contributed by atoms with Crippen molar-refractivity contribution in [1.82, 2.24) is 9.55 Å². The molecule has 102 valence electrons. The van der Waals surface area contributed by atoms with Crippen LogP contribution in [0.2, 0.25) is 0 Å². The van der Waals surface area contributed by atoms with Crippen LogP contribution in [0.3, 0.4) is 0 Å². The highest BCUT2D eigenvalue weighted by molar-refractivity contribution is 5.01. The summed E-state index contributed by atoms with van der Waals surface area (Å²) in [5, 5.41) is 8.93. The molecule has 1 saturated heterocycles. The Bertz CT molecular complexity index is 492. The van der Waals surface area contributed by atoms with Gasteiger partial charge in [0.15, 0.2) is 0 Å². The molecule has 2 rings (SSSR count). The Labute approximate surface area is 105 Å². The predicted molar refractivity (Wildman–Crippen MR) is 67.6 cm³/mol. The molecule has 1 aliphatic rings. The van der Waals surface area contributed by atoms with Crippen molar-refractivity contribution in [2.24, 2.45) is 0 Å². The number of aromatic amines is 1. The molecule has 0 radical (unpaired) electrons. The smallest absolute Gasteiger partial charge is 0.330 e. The van der Waals surface area contributed by atoms with E-state index < -0.39 is 5.69 Å². The van der Waals surface area contributed by atoms with Crippen LogP contribution in [0.15, 0.2) is 15.8 Å². The maximum Gasteiger partial charge on any atom is 0.330 e. The summed E-state index contributed by atoms with van der Waals surface area (Å²) in [4.78, 5) is 24.9. The number of hydrogen-bond acceptors (Lipinski definition) is 4. The Balaban J connectivity index is 0.000000771. The SMILES string of the molecule is CC.Cc1cn([C@H]2CCC(CO)O2)c(=O)[nH]c1=O. The minimum atomic E-state index is -0.473. The van der Waals surface area contributed by atoms with Crippen molar-refractivity contribution < 1.29 is 9.84 Å². The topological polar surface area (TPSA) is 84.3 Å². The standard InChI is InChI=1S/C10H14N2O4.C2H6/c1-6-4-12(10(15)11-9(6)14)8-3-2-7(5-13)16-8;1-2/h4,7-8,13H,2-3,5H2,1H3,(H,11,14,15);1-2H3/t7?,8-;/m1./s1. The zero-order valence-electron chi connectivity index (χ0n) is 11.0. The molecule has 0 aromatic carbocycles. The van der Waals surface area contributed by atoms with Gasteiger partial charge in [-0.2, -0.15) is 0 Å². The van der Waals surface area contributed by atoms with Gasteiger partial charge in [0.2, 0.25) is 0 Å². The molecule has 2 atom stereocenters. The number of H-pyrrole nitrogens is 1. The second-order valence-electron chi connectivity index (χ2n) is 3.95. The van der Waals surface area contributed by atoms with Crippen molar-refractivity contribution in [2.45, 2.75) is 45.9 Å². The quantitative estimate of drug-likeness (QED) is 0.809. The van der Waals surface area contributed by atoms with Gasteiger partial charge in [-0.15, -0.1) is 0 Å². The van der Waals surface area contributed by atoms with Crippen LogP contribution in [0.25, 0.3) is 0 Å². The van der Waals surface area contributed by atoms with Gasteiger partial charge in [-0.25, -0.2) is 4.79 Å². The molecular formula is C12H20N2O4. The maximum atomic E-state index is 11.5. The highest BCUT2D eigenvalue weighted by Gasteiger charge is 2.26. The Kier molecular flexibility index (Phi) is 5.30. The van der Waals surface area contributed by atoms with E-state index in [1.807, 2.05) is 13.8 Å². The molecule has 1 unspecified atom stereocenters. The molecule has 1 fully saturated rings. The number of ether oxygens (including phenoxy) is 1. The first-order valence-electron chi connectivity index (χ1n) is 6.20. The normalized spacial score (nSPS) is 22.4. The Hall–Kier alpha value is -1.40. The average Bonchev–Trinajstić information content (AvgIpc) is 2.85. The summed E-state index contributed by atoms with van der Waals surface area (Å²) in [5.41, 5.74) is -0.382. The van der Waals surface area contributed by atoms with Crippen molar-refractivity contribution in [1.29, 1.82) is 0 Å². The van der Waals surface area contributed by atoms with Gasteiger partial charge >= 0.3 is 5.69 Å². The Morgan fingerprint density at radius 1 is 1.44 bits per heavy atom. The second-order valence-corrected chi connectivity index (χ2v) is 3.95. The lowest BCUT2D eigenvalue weighted by molar-refractivity contribution is -0.0247. The molecular weight excluding hydrogens is 236 g/mol. The summed E-state index contributed by atoms with van der Waals surface area (Å²) in [6.07, 6.45) is 2.26. The van der Waals surface area contributed by atoms with Crippen molar-refractivity contribution in [2.75, 3.05) is 6.61 Å². The number of aryl methyl sites for hydroxylation is 1. The lowest BCUT2D eigenvalue weighted by Gasteiger charge is -2.14. The molecule has 0 saturated carbocycles. The van der Waals surface area contributed by atoms with E-state index >= 15 is 0 Å². The van der Waals surface area contributed by atoms with Gasteiger partial charge < -0.3 is 9.84 Å². The minimum absolute atomic E-state index is 0.0480. The number of rotatable bonds is 2. The third-order valence-electron chi connectivity index (χ3n) is 2.74. The lowest BCUT2D eigenvalue weighted by atomic mass is 10.2. The van der Waals surface area contributed by atoms with E-state index in [1.54, 1.807) is 6.92 Å². The summed E-state index contributed by atoms with van der Waals surface area (Å²) < 4.78 is 6.83. The van der Waals surface area contributed by atoms with E-state index in [0.717, 1.165) is 0 Å². The molecule has 6 nitrogen and oxygen atoms in total. The van der Waals surface area contributed by atoms with Gasteiger partial charge in [0, 0.05) is 11.8 Å². The molecule has 1 aliphatic heterocycles. The number of nitrogens with one attached hydrogen (secondary N) is 1. The summed E-state index contributed by atoms with van der Waals surface area (Å²) in [7, 11) is 0. The van der Waals surface area contributed by atoms with Crippen molar-refractivity contribution in [3.05, 3.63) is 32.6 Å². The van der Waals surface area contributed by atoms with Crippen molar-refractivity contribution in [3.63, 3.8) is 0 Å². The molecule has 6 heteroatoms. The molecule has 1 aromatic rings. The maximum absolute atomic E-state index is 11.5. The first kappa shape index (κ1) is 14.7. The van der Waals surface area contributed by atoms with Crippen molar-refractivity contribution >= 4 is 0 Å². The number of aliphatic hydroxyl groups excluding tert-OH is 1. The predicted octanol–water partition coefficient (Wildman–Crippen LogP) is 0.541. The monoisotopic (exact) mass is 256 g/mol. The third-order valence-corrected chi connectivity index (χ3v) is 2.74. The molecule has 0 bridgehead atoms. The van der Waals surface area contributed by atoms with Crippen LogP contribution in [-0.2, 0) is 4.74 Å². The van der Waals surface area contributed by atoms with E-state index in [9.17, 15) is 9.59 Å². The molecule has 2 N–H and O–H groups in total. The highest BCUT2D eigenvalue weighted by Crippen LogP contribution is 2.26. The number of aromatic nitrogens is 2. The van der Waals surface area contributed by atoms with E-state index in [4.69, 9.17) is 9.84 Å². The molecule has 0 aliphatic carbocycles. The van der Waals surface area contributed by atoms with Crippen LogP contribution in [0.1, 0.15) is 38.5 Å². The van der Waals surface area contributed by atoms with Gasteiger partial charge in [-0.1, -0.05) is 13.8 Å². The average molecular weight is 256 g/mol. The molecule has 1 aromatic heterocycles. The largest absolute Gasteiger partial charge is 0.394 e. The number of nitrogens with zero attached hydrogens (tertiary/aromatic N) is 1. The van der Waals surface area contributed by atoms with Crippen LogP contribution in [0, 0.1) is 6.92 Å². The van der Waals surface area contributed by atoms with Crippen LogP contribution < -0.4 is 11.2 Å². The molecule has 0 amide bonds. The number of aliphatic hydroxyl groups is 1. The van der Waals surface area contributed by atoms with Gasteiger partial charge in [0.1, 0.15) is 6.23 Å². The zero-order valence-corrected chi connectivity index (χ0v) is 11.0. The van der Waals surface area contributed by atoms with Gasteiger partial charge in [0.25, 0.3) is 5.56 Å². The van der Waals surface area contributed by atoms with E-state index in [0.29, 0.717) is 18.4 Å². The van der Waals surface area contributed by atoms with Crippen LogP contribution >= 0.6 is 0 Å². The van der Waals surface area contributed by atoms with E-state index in [1.165, 1.54) is 10.8 Å². The first-order valence-corrected chi connectivity index (χ1v) is 6.20. The number of hydrogen-bond donors (Lipinski definition) is 2. The molecule has 0 spiro atoms. The lowest BCUT2D eigenvalue weighted by Crippen LogP contribution is -2.33. The fourth-order valence-corrected chi connectivity index (χ4v) is 1.83. The fraction of sp³-hybridized carbons (Fsp3) is 0.667. The minimum Gasteiger partial charge on any atom is -0.394 e. The van der Waals surface area contributed by atoms with Crippen LogP contribution in [0.4, 0.5) is 0 Å². The summed E-state index contributed by atoms with van der Waals surface area (Å²) in [6, 6.07) is 0. The van der Waals surface area contributed by atoms with Crippen LogP contribution in [0.5, 0.6) is 0 Å². The fourth-order valence-electron chi connectivity index (χ4n) is 1.83. The Morgan fingerprint density at radius 2 is 2.11 bits per heavy atom. The summed E-state index contributed by atoms with van der Waals surface area (Å²) in [5.74, 6) is 0. The summed E-state index contributed by atoms with van der Waals surface area (Å²) >= 11 is 0. The second kappa shape index (κ2) is 6.51. The van der Waals surface area contributed by atoms with E-state index in [2.05, 4.69) is 4.98 Å². The third kappa shape index (κ3) is 3.08.